The fourth-order valence-corrected chi connectivity index (χ4v) is 5.04. The van der Waals surface area contributed by atoms with E-state index in [1.54, 1.807) is 0 Å². The number of nitrogens with zero attached hydrogens (tertiary/aromatic N) is 1. The van der Waals surface area contributed by atoms with Crippen LogP contribution in [0.1, 0.15) is 70.4 Å². The number of ether oxygens (including phenoxy) is 4. The van der Waals surface area contributed by atoms with Gasteiger partial charge in [0, 0.05) is 5.56 Å². The van der Waals surface area contributed by atoms with Crippen molar-refractivity contribution in [2.45, 2.75) is 71.3 Å². The summed E-state index contributed by atoms with van der Waals surface area (Å²) in [6.45, 7) is 12.5. The number of allylic oxidation sites excluding steroid dienone is 2. The Bertz CT molecular complexity index is 1050. The summed E-state index contributed by atoms with van der Waals surface area (Å²) in [6.07, 6.45) is 13.9. The Kier molecular flexibility index (Phi) is 13.9. The zero-order chi connectivity index (χ0) is 29.4. The van der Waals surface area contributed by atoms with Gasteiger partial charge in [0.05, 0.1) is 40.5 Å². The number of hydrogen-bond donors (Lipinski definition) is 0. The van der Waals surface area contributed by atoms with Crippen LogP contribution in [-0.2, 0) is 21.4 Å². The number of unbranched alkanes of at least 4 members (excludes halogenated alkanes) is 2. The average Bonchev–Trinajstić information content (AvgIpc) is 2.96. The Labute approximate surface area is 249 Å². The SMILES string of the molecule is CCCCCC(C)(C)c1ccc(OCCOCC[N+](C)(C)Cc2ccc(OCCOCC3=CCCC=C3)cc2)cc1. The van der Waals surface area contributed by atoms with Crippen LogP contribution in [0.3, 0.4) is 0 Å². The molecule has 0 heterocycles. The van der Waals surface area contributed by atoms with Crippen molar-refractivity contribution >= 4 is 0 Å². The molecule has 0 aromatic heterocycles. The molecule has 0 saturated carbocycles. The molecule has 3 rings (SSSR count). The van der Waals surface area contributed by atoms with E-state index in [9.17, 15) is 0 Å². The molecule has 1 aliphatic rings. The summed E-state index contributed by atoms with van der Waals surface area (Å²) in [6, 6.07) is 17.0. The quantitative estimate of drug-likeness (QED) is 0.121. The Hall–Kier alpha value is -2.60. The van der Waals surface area contributed by atoms with Crippen LogP contribution in [0, 0.1) is 0 Å². The maximum Gasteiger partial charge on any atom is 0.119 e. The fraction of sp³-hybridized carbons (Fsp3) is 0.556. The van der Waals surface area contributed by atoms with E-state index in [0.717, 1.165) is 41.9 Å². The predicted octanol–water partition coefficient (Wildman–Crippen LogP) is 7.89. The van der Waals surface area contributed by atoms with Crippen LogP contribution in [0.25, 0.3) is 0 Å². The monoisotopic (exact) mass is 564 g/mol. The zero-order valence-corrected chi connectivity index (χ0v) is 26.3. The molecule has 2 aromatic rings. The van der Waals surface area contributed by atoms with Gasteiger partial charge in [-0.15, -0.1) is 0 Å². The molecular formula is C36H54NO4+. The fourth-order valence-electron chi connectivity index (χ4n) is 5.04. The molecule has 5 heteroatoms. The summed E-state index contributed by atoms with van der Waals surface area (Å²) >= 11 is 0. The lowest BCUT2D eigenvalue weighted by atomic mass is 9.80. The van der Waals surface area contributed by atoms with Gasteiger partial charge in [-0.2, -0.15) is 0 Å². The van der Waals surface area contributed by atoms with Crippen LogP contribution in [0.4, 0.5) is 0 Å². The molecule has 5 nitrogen and oxygen atoms in total. The third kappa shape index (κ3) is 12.8. The minimum absolute atomic E-state index is 0.206. The smallest absolute Gasteiger partial charge is 0.119 e. The van der Waals surface area contributed by atoms with E-state index in [1.807, 2.05) is 0 Å². The summed E-state index contributed by atoms with van der Waals surface area (Å²) in [7, 11) is 4.48. The predicted molar refractivity (Wildman–Crippen MR) is 170 cm³/mol. The Morgan fingerprint density at radius 1 is 0.756 bits per heavy atom. The normalized spacial score (nSPS) is 13.7. The second-order valence-corrected chi connectivity index (χ2v) is 12.4. The van der Waals surface area contributed by atoms with Crippen molar-refractivity contribution < 1.29 is 23.4 Å². The molecule has 0 atom stereocenters. The van der Waals surface area contributed by atoms with E-state index in [4.69, 9.17) is 18.9 Å². The third-order valence-corrected chi connectivity index (χ3v) is 7.75. The van der Waals surface area contributed by atoms with Gasteiger partial charge in [0.15, 0.2) is 0 Å². The van der Waals surface area contributed by atoms with Crippen molar-refractivity contribution in [1.29, 1.82) is 0 Å². The highest BCUT2D eigenvalue weighted by molar-refractivity contribution is 5.31. The largest absolute Gasteiger partial charge is 0.491 e. The van der Waals surface area contributed by atoms with Gasteiger partial charge in [-0.1, -0.05) is 70.4 Å². The molecule has 41 heavy (non-hydrogen) atoms. The molecule has 0 fully saturated rings. The van der Waals surface area contributed by atoms with E-state index in [-0.39, 0.29) is 5.41 Å². The molecule has 1 aliphatic carbocycles. The number of hydrogen-bond acceptors (Lipinski definition) is 4. The number of rotatable bonds is 20. The lowest BCUT2D eigenvalue weighted by Crippen LogP contribution is -2.41. The van der Waals surface area contributed by atoms with Crippen molar-refractivity contribution in [3.8, 4) is 11.5 Å². The lowest BCUT2D eigenvalue weighted by molar-refractivity contribution is -0.904. The van der Waals surface area contributed by atoms with Crippen LogP contribution in [-0.4, -0.2) is 64.8 Å². The summed E-state index contributed by atoms with van der Waals surface area (Å²) in [4.78, 5) is 0. The first-order chi connectivity index (χ1) is 19.8. The van der Waals surface area contributed by atoms with Crippen LogP contribution < -0.4 is 9.47 Å². The van der Waals surface area contributed by atoms with Gasteiger partial charge in [-0.3, -0.25) is 0 Å². The molecule has 0 amide bonds. The van der Waals surface area contributed by atoms with Crippen LogP contribution in [0.5, 0.6) is 11.5 Å². The van der Waals surface area contributed by atoms with E-state index >= 15 is 0 Å². The van der Waals surface area contributed by atoms with Crippen molar-refractivity contribution in [3.63, 3.8) is 0 Å². The Balaban J connectivity index is 1.26. The summed E-state index contributed by atoms with van der Waals surface area (Å²) in [5.74, 6) is 1.79. The highest BCUT2D eigenvalue weighted by atomic mass is 16.5. The molecule has 0 unspecified atom stereocenters. The summed E-state index contributed by atoms with van der Waals surface area (Å²) in [5.41, 5.74) is 4.13. The first-order valence-electron chi connectivity index (χ1n) is 15.6. The minimum Gasteiger partial charge on any atom is -0.491 e. The minimum atomic E-state index is 0.206. The highest BCUT2D eigenvalue weighted by Crippen LogP contribution is 2.30. The summed E-state index contributed by atoms with van der Waals surface area (Å²) < 4.78 is 24.3. The summed E-state index contributed by atoms with van der Waals surface area (Å²) in [5, 5.41) is 0. The highest BCUT2D eigenvalue weighted by Gasteiger charge is 2.20. The van der Waals surface area contributed by atoms with Gasteiger partial charge in [0.1, 0.15) is 37.8 Å². The Morgan fingerprint density at radius 2 is 1.41 bits per heavy atom. The second kappa shape index (κ2) is 17.4. The maximum absolute atomic E-state index is 5.93. The molecule has 0 spiro atoms. The number of likely N-dealkylation sites (N-methyl/N-ethyl adjacent to an activating group) is 1. The van der Waals surface area contributed by atoms with Gasteiger partial charge in [-0.25, -0.2) is 0 Å². The van der Waals surface area contributed by atoms with Crippen LogP contribution >= 0.6 is 0 Å². The molecule has 226 valence electrons. The van der Waals surface area contributed by atoms with Crippen molar-refractivity contribution in [2.75, 3.05) is 60.3 Å². The van der Waals surface area contributed by atoms with Crippen molar-refractivity contribution in [3.05, 3.63) is 83.5 Å². The topological polar surface area (TPSA) is 36.9 Å². The second-order valence-electron chi connectivity index (χ2n) is 12.4. The molecular weight excluding hydrogens is 510 g/mol. The standard InChI is InChI=1S/C36H54NO4/c1-6-7-11-22-36(2,3)33-16-20-35(21-17-33)40-27-25-38-24-23-37(4,5)29-31-14-18-34(19-15-31)41-28-26-39-30-32-12-9-8-10-13-32/h9,12-21H,6-8,10-11,22-30H2,1-5H3/q+1. The first kappa shape index (κ1) is 32.9. The van der Waals surface area contributed by atoms with Crippen LogP contribution in [0.15, 0.2) is 72.3 Å². The van der Waals surface area contributed by atoms with Crippen molar-refractivity contribution in [2.24, 2.45) is 0 Å². The van der Waals surface area contributed by atoms with Gasteiger partial charge in [0.25, 0.3) is 0 Å². The van der Waals surface area contributed by atoms with Gasteiger partial charge < -0.3 is 23.4 Å². The Morgan fingerprint density at radius 3 is 2.05 bits per heavy atom. The molecule has 0 radical (unpaired) electrons. The van der Waals surface area contributed by atoms with Gasteiger partial charge in [0.2, 0.25) is 0 Å². The van der Waals surface area contributed by atoms with E-state index in [1.165, 1.54) is 42.4 Å². The lowest BCUT2D eigenvalue weighted by Gasteiger charge is -2.29. The molecule has 0 N–H and O–H groups in total. The third-order valence-electron chi connectivity index (χ3n) is 7.75. The number of quaternary nitrogens is 1. The molecule has 0 aliphatic heterocycles. The zero-order valence-electron chi connectivity index (χ0n) is 26.3. The molecule has 2 aromatic carbocycles. The van der Waals surface area contributed by atoms with Crippen molar-refractivity contribution in [1.82, 2.24) is 0 Å². The average molecular weight is 565 g/mol. The molecule has 0 saturated heterocycles. The molecule has 0 bridgehead atoms. The maximum atomic E-state index is 5.93. The van der Waals surface area contributed by atoms with Gasteiger partial charge in [-0.05, 0) is 72.2 Å². The first-order valence-corrected chi connectivity index (χ1v) is 15.6. The van der Waals surface area contributed by atoms with Crippen LogP contribution in [0.2, 0.25) is 0 Å². The van der Waals surface area contributed by atoms with E-state index in [2.05, 4.69) is 102 Å². The number of benzene rings is 2. The van der Waals surface area contributed by atoms with Gasteiger partial charge >= 0.3 is 0 Å². The van der Waals surface area contributed by atoms with E-state index in [0.29, 0.717) is 39.6 Å². The van der Waals surface area contributed by atoms with E-state index < -0.39 is 0 Å².